The number of rotatable bonds is 10. The van der Waals surface area contributed by atoms with Gasteiger partial charge in [-0.3, -0.25) is 14.2 Å². The van der Waals surface area contributed by atoms with Gasteiger partial charge in [-0.1, -0.05) is 65.8 Å². The van der Waals surface area contributed by atoms with Crippen molar-refractivity contribution < 1.29 is 9.59 Å². The van der Waals surface area contributed by atoms with E-state index >= 15 is 0 Å². The normalized spacial score (nSPS) is 11.2. The van der Waals surface area contributed by atoms with Gasteiger partial charge in [0.25, 0.3) is 0 Å². The minimum absolute atomic E-state index is 0.143. The third-order valence-electron chi connectivity index (χ3n) is 5.96. The Morgan fingerprint density at radius 2 is 1.79 bits per heavy atom. The molecule has 2 N–H and O–H groups in total. The molecular formula is C30H24ClN5O2S. The van der Waals surface area contributed by atoms with Crippen LogP contribution in [0.3, 0.4) is 0 Å². The molecule has 0 aliphatic carbocycles. The predicted molar refractivity (Wildman–Crippen MR) is 158 cm³/mol. The zero-order valence-corrected chi connectivity index (χ0v) is 22.4. The number of carbonyl (C=O) groups is 2. The Labute approximate surface area is 234 Å². The van der Waals surface area contributed by atoms with Crippen LogP contribution in [0.1, 0.15) is 15.9 Å². The van der Waals surface area contributed by atoms with Crippen LogP contribution >= 0.6 is 23.4 Å². The minimum Gasteiger partial charge on any atom is -0.360 e. The number of amides is 1. The van der Waals surface area contributed by atoms with E-state index in [4.69, 9.17) is 11.6 Å². The van der Waals surface area contributed by atoms with Gasteiger partial charge in [0.1, 0.15) is 0 Å². The van der Waals surface area contributed by atoms with Crippen LogP contribution in [0.2, 0.25) is 5.02 Å². The van der Waals surface area contributed by atoms with Crippen LogP contribution in [0.5, 0.6) is 0 Å². The summed E-state index contributed by atoms with van der Waals surface area (Å²) in [6.45, 7) is 4.36. The van der Waals surface area contributed by atoms with Crippen LogP contribution in [-0.2, 0) is 11.3 Å². The number of ketones is 1. The van der Waals surface area contributed by atoms with Gasteiger partial charge in [-0.15, -0.1) is 16.8 Å². The molecule has 0 aliphatic rings. The molecule has 9 heteroatoms. The smallest absolute Gasteiger partial charge is 0.234 e. The largest absolute Gasteiger partial charge is 0.360 e. The maximum atomic E-state index is 12.7. The van der Waals surface area contributed by atoms with Crippen LogP contribution < -0.4 is 5.32 Å². The van der Waals surface area contributed by atoms with E-state index in [0.29, 0.717) is 33.8 Å². The average Bonchev–Trinajstić information content (AvgIpc) is 3.55. The van der Waals surface area contributed by atoms with E-state index < -0.39 is 0 Å². The Morgan fingerprint density at radius 1 is 1.03 bits per heavy atom. The Morgan fingerprint density at radius 3 is 2.59 bits per heavy atom. The van der Waals surface area contributed by atoms with Gasteiger partial charge in [-0.05, 0) is 54.1 Å². The molecule has 0 spiro atoms. The van der Waals surface area contributed by atoms with Gasteiger partial charge in [0, 0.05) is 45.5 Å². The van der Waals surface area contributed by atoms with Crippen molar-refractivity contribution in [2.24, 2.45) is 0 Å². The third kappa shape index (κ3) is 6.03. The van der Waals surface area contributed by atoms with E-state index in [9.17, 15) is 9.59 Å². The molecule has 194 valence electrons. The molecule has 0 bridgehead atoms. The number of benzene rings is 3. The summed E-state index contributed by atoms with van der Waals surface area (Å²) >= 11 is 7.44. The summed E-state index contributed by atoms with van der Waals surface area (Å²) < 4.78 is 1.94. The highest BCUT2D eigenvalue weighted by atomic mass is 35.5. The summed E-state index contributed by atoms with van der Waals surface area (Å²) in [6.07, 6.45) is 6.86. The maximum Gasteiger partial charge on any atom is 0.234 e. The average molecular weight is 554 g/mol. The van der Waals surface area contributed by atoms with Crippen LogP contribution in [-0.4, -0.2) is 37.2 Å². The number of thioether (sulfide) groups is 1. The summed E-state index contributed by atoms with van der Waals surface area (Å²) in [5.41, 5.74) is 3.82. The van der Waals surface area contributed by atoms with Gasteiger partial charge in [0.2, 0.25) is 5.91 Å². The van der Waals surface area contributed by atoms with Crippen molar-refractivity contribution >= 4 is 57.7 Å². The summed E-state index contributed by atoms with van der Waals surface area (Å²) in [4.78, 5) is 28.5. The lowest BCUT2D eigenvalue weighted by atomic mass is 10.1. The summed E-state index contributed by atoms with van der Waals surface area (Å²) in [5, 5.41) is 13.8. The number of nitrogens with zero attached hydrogens (tertiary/aromatic N) is 3. The second-order valence-corrected chi connectivity index (χ2v) is 9.94. The molecule has 0 atom stereocenters. The molecule has 0 aliphatic heterocycles. The molecule has 5 rings (SSSR count). The van der Waals surface area contributed by atoms with E-state index in [0.717, 1.165) is 22.0 Å². The van der Waals surface area contributed by atoms with E-state index in [1.54, 1.807) is 42.5 Å². The van der Waals surface area contributed by atoms with Gasteiger partial charge >= 0.3 is 0 Å². The van der Waals surface area contributed by atoms with Crippen LogP contribution in [0.25, 0.3) is 28.4 Å². The first-order valence-electron chi connectivity index (χ1n) is 12.1. The number of halogens is 1. The predicted octanol–water partition coefficient (Wildman–Crippen LogP) is 6.89. The van der Waals surface area contributed by atoms with Crippen molar-refractivity contribution in [3.63, 3.8) is 0 Å². The zero-order valence-electron chi connectivity index (χ0n) is 20.8. The first-order chi connectivity index (χ1) is 19.0. The fourth-order valence-corrected chi connectivity index (χ4v) is 5.01. The minimum atomic E-state index is -0.195. The summed E-state index contributed by atoms with van der Waals surface area (Å²) in [6, 6.07) is 22.1. The van der Waals surface area contributed by atoms with Crippen LogP contribution in [0.4, 0.5) is 5.69 Å². The highest BCUT2D eigenvalue weighted by molar-refractivity contribution is 7.99. The molecule has 5 aromatic rings. The molecule has 0 unspecified atom stereocenters. The summed E-state index contributed by atoms with van der Waals surface area (Å²) in [5.74, 6) is 0.499. The number of anilines is 1. The van der Waals surface area contributed by atoms with E-state index in [1.165, 1.54) is 17.8 Å². The molecule has 0 radical (unpaired) electrons. The van der Waals surface area contributed by atoms with Gasteiger partial charge in [0.15, 0.2) is 16.8 Å². The summed E-state index contributed by atoms with van der Waals surface area (Å²) in [7, 11) is 0. The molecule has 0 fully saturated rings. The monoisotopic (exact) mass is 553 g/mol. The Hall–Kier alpha value is -4.40. The van der Waals surface area contributed by atoms with Crippen molar-refractivity contribution in [3.05, 3.63) is 114 Å². The number of hydrogen-bond donors (Lipinski definition) is 2. The SMILES string of the molecule is C=CCn1c(SCC(=O)Nc2ccc(C(=O)/C=C/c3ccccc3Cl)cc2)nnc1-c1c[nH]c2ccccc12. The Kier molecular flexibility index (Phi) is 8.05. The van der Waals surface area contributed by atoms with Crippen molar-refractivity contribution in [2.45, 2.75) is 11.7 Å². The number of carbonyl (C=O) groups excluding carboxylic acids is 2. The lowest BCUT2D eigenvalue weighted by Crippen LogP contribution is -2.14. The number of fused-ring (bicyclic) bond motifs is 1. The second kappa shape index (κ2) is 12.0. The number of H-pyrrole nitrogens is 1. The molecule has 7 nitrogen and oxygen atoms in total. The second-order valence-electron chi connectivity index (χ2n) is 8.59. The van der Waals surface area contributed by atoms with E-state index in [2.05, 4.69) is 27.1 Å². The van der Waals surface area contributed by atoms with E-state index in [1.807, 2.05) is 53.2 Å². The highest BCUT2D eigenvalue weighted by Crippen LogP contribution is 2.30. The topological polar surface area (TPSA) is 92.7 Å². The standard InChI is InChI=1S/C30H24ClN5O2S/c1-2-17-36-29(24-18-32-26-10-6-4-8-23(24)26)34-35-30(36)39-19-28(38)33-22-14-11-21(12-15-22)27(37)16-13-20-7-3-5-9-25(20)31/h2-16,18,32H,1,17,19H2,(H,33,38)/b16-13+. The molecule has 0 saturated carbocycles. The number of aromatic amines is 1. The third-order valence-corrected chi connectivity index (χ3v) is 7.27. The van der Waals surface area contributed by atoms with Crippen molar-refractivity contribution in [1.82, 2.24) is 19.7 Å². The fourth-order valence-electron chi connectivity index (χ4n) is 4.06. The Balaban J connectivity index is 1.21. The lowest BCUT2D eigenvalue weighted by Gasteiger charge is -2.08. The van der Waals surface area contributed by atoms with Gasteiger partial charge in [-0.25, -0.2) is 0 Å². The zero-order chi connectivity index (χ0) is 27.2. The Bertz CT molecular complexity index is 1690. The van der Waals surface area contributed by atoms with Gasteiger partial charge in [0.05, 0.1) is 5.75 Å². The van der Waals surface area contributed by atoms with Gasteiger partial charge in [-0.2, -0.15) is 0 Å². The number of aromatic nitrogens is 4. The first-order valence-corrected chi connectivity index (χ1v) is 13.5. The molecular weight excluding hydrogens is 530 g/mol. The van der Waals surface area contributed by atoms with Gasteiger partial charge < -0.3 is 10.3 Å². The molecule has 3 aromatic carbocycles. The number of nitrogens with one attached hydrogen (secondary N) is 2. The quantitative estimate of drug-likeness (QED) is 0.0849. The molecule has 0 saturated heterocycles. The van der Waals surface area contributed by atoms with Crippen molar-refractivity contribution in [2.75, 3.05) is 11.1 Å². The van der Waals surface area contributed by atoms with Crippen LogP contribution in [0.15, 0.2) is 103 Å². The van der Waals surface area contributed by atoms with Crippen molar-refractivity contribution in [1.29, 1.82) is 0 Å². The van der Waals surface area contributed by atoms with Crippen molar-refractivity contribution in [3.8, 4) is 11.4 Å². The maximum absolute atomic E-state index is 12.7. The number of para-hydroxylation sites is 1. The lowest BCUT2D eigenvalue weighted by molar-refractivity contribution is -0.113. The highest BCUT2D eigenvalue weighted by Gasteiger charge is 2.17. The molecule has 39 heavy (non-hydrogen) atoms. The molecule has 2 aromatic heterocycles. The number of hydrogen-bond acceptors (Lipinski definition) is 5. The fraction of sp³-hybridized carbons (Fsp3) is 0.0667. The number of allylic oxidation sites excluding steroid dienone is 2. The van der Waals surface area contributed by atoms with E-state index in [-0.39, 0.29) is 17.4 Å². The molecule has 2 heterocycles. The van der Waals surface area contributed by atoms with Crippen LogP contribution in [0, 0.1) is 0 Å². The first kappa shape index (κ1) is 26.2. The molecule has 1 amide bonds.